The summed E-state index contributed by atoms with van der Waals surface area (Å²) >= 11 is 0. The second-order valence-electron chi connectivity index (χ2n) is 4.49. The van der Waals surface area contributed by atoms with Crippen LogP contribution in [0.3, 0.4) is 0 Å². The van der Waals surface area contributed by atoms with Gasteiger partial charge in [0.05, 0.1) is 13.2 Å². The van der Waals surface area contributed by atoms with Crippen LogP contribution in [0.5, 0.6) is 0 Å². The molecule has 1 N–H and O–H groups in total. The first-order valence-corrected chi connectivity index (χ1v) is 4.70. The minimum Gasteiger partial charge on any atom is -0.388 e. The maximum atomic E-state index is 9.23. The Hall–Kier alpha value is -0.120. The van der Waals surface area contributed by atoms with Crippen LogP contribution in [0.2, 0.25) is 0 Å². The summed E-state index contributed by atoms with van der Waals surface area (Å²) in [6.07, 6.45) is 0.511. The molecule has 0 radical (unpaired) electrons. The molecular weight excluding hydrogens is 168 g/mol. The molecule has 3 heteroatoms. The standard InChI is InChI=1S/C10H22O3/c1-10(2,3)5-6-13-8-9(11)7-12-4/h9,11H,5-8H2,1-4H3. The van der Waals surface area contributed by atoms with Crippen LogP contribution < -0.4 is 0 Å². The molecule has 0 aromatic carbocycles. The van der Waals surface area contributed by atoms with Gasteiger partial charge in [0.15, 0.2) is 0 Å². The van der Waals surface area contributed by atoms with Gasteiger partial charge in [0.25, 0.3) is 0 Å². The number of methoxy groups -OCH3 is 1. The lowest BCUT2D eigenvalue weighted by atomic mass is 9.93. The summed E-state index contributed by atoms with van der Waals surface area (Å²) in [7, 11) is 1.57. The van der Waals surface area contributed by atoms with Crippen molar-refractivity contribution < 1.29 is 14.6 Å². The van der Waals surface area contributed by atoms with Crippen molar-refractivity contribution in [3.05, 3.63) is 0 Å². The third-order valence-corrected chi connectivity index (χ3v) is 1.67. The van der Waals surface area contributed by atoms with Gasteiger partial charge in [-0.05, 0) is 11.8 Å². The smallest absolute Gasteiger partial charge is 0.101 e. The zero-order valence-electron chi connectivity index (χ0n) is 9.17. The van der Waals surface area contributed by atoms with E-state index in [1.54, 1.807) is 7.11 Å². The van der Waals surface area contributed by atoms with E-state index in [1.807, 2.05) is 0 Å². The highest BCUT2D eigenvalue weighted by molar-refractivity contribution is 4.60. The van der Waals surface area contributed by atoms with E-state index in [2.05, 4.69) is 20.8 Å². The fraction of sp³-hybridized carbons (Fsp3) is 1.00. The van der Waals surface area contributed by atoms with Gasteiger partial charge in [-0.3, -0.25) is 0 Å². The molecule has 13 heavy (non-hydrogen) atoms. The monoisotopic (exact) mass is 190 g/mol. The highest BCUT2D eigenvalue weighted by atomic mass is 16.5. The SMILES string of the molecule is COCC(O)COCCC(C)(C)C. The molecule has 0 fully saturated rings. The molecule has 0 rings (SSSR count). The van der Waals surface area contributed by atoms with Gasteiger partial charge in [0.2, 0.25) is 0 Å². The van der Waals surface area contributed by atoms with E-state index in [0.717, 1.165) is 6.42 Å². The number of aliphatic hydroxyl groups excluding tert-OH is 1. The summed E-state index contributed by atoms with van der Waals surface area (Å²) in [5.41, 5.74) is 0.298. The maximum absolute atomic E-state index is 9.23. The van der Waals surface area contributed by atoms with Gasteiger partial charge < -0.3 is 14.6 Å². The minimum absolute atomic E-state index is 0.298. The van der Waals surface area contributed by atoms with Crippen molar-refractivity contribution in [2.45, 2.75) is 33.3 Å². The van der Waals surface area contributed by atoms with E-state index >= 15 is 0 Å². The van der Waals surface area contributed by atoms with Crippen molar-refractivity contribution in [3.63, 3.8) is 0 Å². The zero-order chi connectivity index (χ0) is 10.3. The van der Waals surface area contributed by atoms with Crippen LogP contribution in [0.15, 0.2) is 0 Å². The summed E-state index contributed by atoms with van der Waals surface area (Å²) in [5, 5.41) is 9.23. The second kappa shape index (κ2) is 6.35. The largest absolute Gasteiger partial charge is 0.388 e. The molecule has 0 saturated heterocycles. The third kappa shape index (κ3) is 9.80. The van der Waals surface area contributed by atoms with Gasteiger partial charge in [-0.2, -0.15) is 0 Å². The van der Waals surface area contributed by atoms with Crippen molar-refractivity contribution in [2.75, 3.05) is 26.9 Å². The number of hydrogen-bond acceptors (Lipinski definition) is 3. The summed E-state index contributed by atoms with van der Waals surface area (Å²) < 4.78 is 10.1. The van der Waals surface area contributed by atoms with Crippen LogP contribution in [0.25, 0.3) is 0 Å². The van der Waals surface area contributed by atoms with E-state index < -0.39 is 6.10 Å². The van der Waals surface area contributed by atoms with Gasteiger partial charge >= 0.3 is 0 Å². The Bertz CT molecular complexity index is 118. The van der Waals surface area contributed by atoms with Gasteiger partial charge in [0.1, 0.15) is 6.10 Å². The molecule has 0 aliphatic carbocycles. The van der Waals surface area contributed by atoms with E-state index in [4.69, 9.17) is 9.47 Å². The third-order valence-electron chi connectivity index (χ3n) is 1.67. The lowest BCUT2D eigenvalue weighted by molar-refractivity contribution is -0.0111. The predicted molar refractivity (Wildman–Crippen MR) is 52.8 cm³/mol. The van der Waals surface area contributed by atoms with Crippen molar-refractivity contribution in [1.82, 2.24) is 0 Å². The molecule has 3 nitrogen and oxygen atoms in total. The summed E-state index contributed by atoms with van der Waals surface area (Å²) in [6, 6.07) is 0. The van der Waals surface area contributed by atoms with E-state index in [9.17, 15) is 5.11 Å². The van der Waals surface area contributed by atoms with E-state index in [1.165, 1.54) is 0 Å². The number of rotatable bonds is 6. The Balaban J connectivity index is 3.25. The lowest BCUT2D eigenvalue weighted by Gasteiger charge is -2.18. The quantitative estimate of drug-likeness (QED) is 0.644. The van der Waals surface area contributed by atoms with Crippen molar-refractivity contribution in [1.29, 1.82) is 0 Å². The molecule has 1 unspecified atom stereocenters. The maximum Gasteiger partial charge on any atom is 0.101 e. The van der Waals surface area contributed by atoms with Crippen LogP contribution >= 0.6 is 0 Å². The average Bonchev–Trinajstić information content (AvgIpc) is 1.97. The fourth-order valence-electron chi connectivity index (χ4n) is 0.838. The van der Waals surface area contributed by atoms with Crippen molar-refractivity contribution >= 4 is 0 Å². The normalized spacial score (nSPS) is 14.5. The molecule has 0 amide bonds. The number of ether oxygens (including phenoxy) is 2. The topological polar surface area (TPSA) is 38.7 Å². The molecule has 0 bridgehead atoms. The molecule has 0 aliphatic rings. The first-order valence-electron chi connectivity index (χ1n) is 4.70. The molecule has 0 aromatic rings. The Kier molecular flexibility index (Phi) is 6.29. The number of aliphatic hydroxyl groups is 1. The fourth-order valence-corrected chi connectivity index (χ4v) is 0.838. The van der Waals surface area contributed by atoms with Crippen LogP contribution in [-0.2, 0) is 9.47 Å². The van der Waals surface area contributed by atoms with Crippen LogP contribution in [-0.4, -0.2) is 38.1 Å². The Morgan fingerprint density at radius 1 is 1.23 bits per heavy atom. The minimum atomic E-state index is -0.495. The molecule has 0 aromatic heterocycles. The first kappa shape index (κ1) is 12.9. The molecule has 1 atom stereocenters. The van der Waals surface area contributed by atoms with Gasteiger partial charge in [-0.15, -0.1) is 0 Å². The summed E-state index contributed by atoms with van der Waals surface area (Å²) in [6.45, 7) is 7.91. The zero-order valence-corrected chi connectivity index (χ0v) is 9.17. The molecular formula is C10H22O3. The highest BCUT2D eigenvalue weighted by Crippen LogP contribution is 2.17. The van der Waals surface area contributed by atoms with Crippen molar-refractivity contribution in [2.24, 2.45) is 5.41 Å². The van der Waals surface area contributed by atoms with Crippen LogP contribution in [0, 0.1) is 5.41 Å². The molecule has 80 valence electrons. The molecule has 0 spiro atoms. The van der Waals surface area contributed by atoms with Crippen LogP contribution in [0.4, 0.5) is 0 Å². The molecule has 0 aliphatic heterocycles. The van der Waals surface area contributed by atoms with Crippen LogP contribution in [0.1, 0.15) is 27.2 Å². The van der Waals surface area contributed by atoms with Gasteiger partial charge in [-0.25, -0.2) is 0 Å². The van der Waals surface area contributed by atoms with Gasteiger partial charge in [-0.1, -0.05) is 20.8 Å². The van der Waals surface area contributed by atoms with E-state index in [0.29, 0.717) is 25.2 Å². The predicted octanol–water partition coefficient (Wildman–Crippen LogP) is 1.45. The van der Waals surface area contributed by atoms with Gasteiger partial charge in [0, 0.05) is 13.7 Å². The van der Waals surface area contributed by atoms with E-state index in [-0.39, 0.29) is 0 Å². The Labute approximate surface area is 81.0 Å². The summed E-state index contributed by atoms with van der Waals surface area (Å²) in [5.74, 6) is 0. The lowest BCUT2D eigenvalue weighted by Crippen LogP contribution is -2.22. The summed E-state index contributed by atoms with van der Waals surface area (Å²) in [4.78, 5) is 0. The van der Waals surface area contributed by atoms with Crippen molar-refractivity contribution in [3.8, 4) is 0 Å². The molecule has 0 saturated carbocycles. The molecule has 0 heterocycles. The first-order chi connectivity index (χ1) is 5.95. The number of hydrogen-bond donors (Lipinski definition) is 1. The Morgan fingerprint density at radius 3 is 2.31 bits per heavy atom. The second-order valence-corrected chi connectivity index (χ2v) is 4.49. The average molecular weight is 190 g/mol. The Morgan fingerprint density at radius 2 is 1.85 bits per heavy atom. The highest BCUT2D eigenvalue weighted by Gasteiger charge is 2.10.